The smallest absolute Gasteiger partial charge is 0.191 e. The van der Waals surface area contributed by atoms with Gasteiger partial charge in [-0.05, 0) is 42.0 Å². The fourth-order valence-electron chi connectivity index (χ4n) is 2.32. The van der Waals surface area contributed by atoms with Crippen LogP contribution in [0.1, 0.15) is 23.8 Å². The lowest BCUT2D eigenvalue weighted by Gasteiger charge is -2.14. The predicted octanol–water partition coefficient (Wildman–Crippen LogP) is 4.07. The van der Waals surface area contributed by atoms with E-state index in [9.17, 15) is 0 Å². The Morgan fingerprint density at radius 3 is 2.69 bits per heavy atom. The number of benzene rings is 1. The van der Waals surface area contributed by atoms with E-state index in [1.54, 1.807) is 25.5 Å². The first-order valence-corrected chi connectivity index (χ1v) is 9.41. The number of guanidine groups is 1. The summed E-state index contributed by atoms with van der Waals surface area (Å²) < 4.78 is 11.1. The van der Waals surface area contributed by atoms with Crippen LogP contribution in [-0.4, -0.2) is 33.3 Å². The molecule has 0 radical (unpaired) electrons. The summed E-state index contributed by atoms with van der Waals surface area (Å²) in [6, 6.07) is 10.2. The number of thiophene rings is 1. The number of rotatable bonds is 9. The van der Waals surface area contributed by atoms with E-state index in [1.165, 1.54) is 4.88 Å². The summed E-state index contributed by atoms with van der Waals surface area (Å²) in [5, 5.41) is 8.76. The second-order valence-corrected chi connectivity index (χ2v) is 6.55. The quantitative estimate of drug-likeness (QED) is 0.317. The molecule has 2 N–H and O–H groups in total. The van der Waals surface area contributed by atoms with Crippen LogP contribution in [0.25, 0.3) is 0 Å². The monoisotopic (exact) mass is 489 g/mol. The van der Waals surface area contributed by atoms with Gasteiger partial charge >= 0.3 is 0 Å². The van der Waals surface area contributed by atoms with Gasteiger partial charge in [0, 0.05) is 25.0 Å². The molecule has 0 saturated carbocycles. The number of aliphatic imine (C=N–C) groups is 1. The Balaban J connectivity index is 0.00000338. The second-order valence-electron chi connectivity index (χ2n) is 5.52. The van der Waals surface area contributed by atoms with Crippen molar-refractivity contribution in [1.29, 1.82) is 0 Å². The van der Waals surface area contributed by atoms with Gasteiger partial charge < -0.3 is 20.1 Å². The zero-order valence-corrected chi connectivity index (χ0v) is 18.7. The molecule has 0 bridgehead atoms. The Hall–Kier alpha value is -1.48. The van der Waals surface area contributed by atoms with Gasteiger partial charge in [-0.1, -0.05) is 19.1 Å². The first kappa shape index (κ1) is 22.6. The lowest BCUT2D eigenvalue weighted by Crippen LogP contribution is -2.37. The van der Waals surface area contributed by atoms with Gasteiger partial charge in [0.15, 0.2) is 17.5 Å². The molecule has 0 aliphatic heterocycles. The van der Waals surface area contributed by atoms with E-state index in [0.29, 0.717) is 13.2 Å². The van der Waals surface area contributed by atoms with Gasteiger partial charge in [0.25, 0.3) is 0 Å². The van der Waals surface area contributed by atoms with Gasteiger partial charge in [0.05, 0.1) is 13.7 Å². The summed E-state index contributed by atoms with van der Waals surface area (Å²) in [4.78, 5) is 5.64. The predicted molar refractivity (Wildman–Crippen MR) is 120 cm³/mol. The molecule has 1 heterocycles. The fraction of sp³-hybridized carbons (Fsp3) is 0.421. The molecule has 0 spiro atoms. The van der Waals surface area contributed by atoms with Crippen LogP contribution < -0.4 is 20.1 Å². The lowest BCUT2D eigenvalue weighted by atomic mass is 10.2. The van der Waals surface area contributed by atoms with E-state index < -0.39 is 0 Å². The third-order valence-corrected chi connectivity index (χ3v) is 4.55. The van der Waals surface area contributed by atoms with E-state index in [1.807, 2.05) is 18.2 Å². The number of halogens is 1. The van der Waals surface area contributed by atoms with Crippen molar-refractivity contribution in [3.63, 3.8) is 0 Å². The van der Waals surface area contributed by atoms with Crippen LogP contribution in [0.2, 0.25) is 0 Å². The van der Waals surface area contributed by atoms with E-state index in [2.05, 4.69) is 40.1 Å². The Morgan fingerprint density at radius 1 is 1.19 bits per heavy atom. The minimum absolute atomic E-state index is 0. The molecule has 1 aromatic carbocycles. The van der Waals surface area contributed by atoms with Crippen molar-refractivity contribution in [1.82, 2.24) is 10.6 Å². The van der Waals surface area contributed by atoms with Crippen LogP contribution in [0.4, 0.5) is 0 Å². The van der Waals surface area contributed by atoms with Crippen molar-refractivity contribution >= 4 is 41.3 Å². The number of nitrogens with one attached hydrogen (secondary N) is 2. The van der Waals surface area contributed by atoms with E-state index in [-0.39, 0.29) is 24.0 Å². The molecule has 0 saturated heterocycles. The topological polar surface area (TPSA) is 54.9 Å². The van der Waals surface area contributed by atoms with Crippen molar-refractivity contribution in [3.05, 3.63) is 46.2 Å². The van der Waals surface area contributed by atoms with Gasteiger partial charge in [-0.15, -0.1) is 35.3 Å². The van der Waals surface area contributed by atoms with Crippen LogP contribution in [0.5, 0.6) is 11.5 Å². The lowest BCUT2D eigenvalue weighted by molar-refractivity contribution is 0.294. The Morgan fingerprint density at radius 2 is 2.04 bits per heavy atom. The molecular weight excluding hydrogens is 461 g/mol. The molecule has 2 aromatic rings. The molecule has 26 heavy (non-hydrogen) atoms. The number of ether oxygens (including phenoxy) is 2. The molecule has 0 aliphatic rings. The largest absolute Gasteiger partial charge is 0.493 e. The van der Waals surface area contributed by atoms with Crippen molar-refractivity contribution in [2.45, 2.75) is 26.3 Å². The van der Waals surface area contributed by atoms with Gasteiger partial charge in [-0.25, -0.2) is 0 Å². The fourth-order valence-corrected chi connectivity index (χ4v) is 3.03. The van der Waals surface area contributed by atoms with E-state index >= 15 is 0 Å². The number of methoxy groups -OCH3 is 1. The molecule has 0 amide bonds. The molecule has 0 atom stereocenters. The highest BCUT2D eigenvalue weighted by Gasteiger charge is 2.06. The normalized spacial score (nSPS) is 10.8. The SMILES string of the molecule is CCCOc1ccc(CNC(=NC)NCCc2cccs2)cc1OC.I. The standard InChI is InChI=1S/C19H27N3O2S.HI/c1-4-11-24-17-8-7-15(13-18(17)23-3)14-22-19(20-2)21-10-9-16-6-5-12-25-16;/h5-8,12-13H,4,9-11,14H2,1-3H3,(H2,20,21,22);1H. The summed E-state index contributed by atoms with van der Waals surface area (Å²) in [5.74, 6) is 2.33. The van der Waals surface area contributed by atoms with Crippen molar-refractivity contribution < 1.29 is 9.47 Å². The third kappa shape index (κ3) is 7.41. The number of nitrogens with zero attached hydrogens (tertiary/aromatic N) is 1. The summed E-state index contributed by atoms with van der Waals surface area (Å²) in [6.07, 6.45) is 1.97. The molecule has 2 rings (SSSR count). The first-order chi connectivity index (χ1) is 12.3. The second kappa shape index (κ2) is 12.8. The van der Waals surface area contributed by atoms with Gasteiger partial charge in [-0.2, -0.15) is 0 Å². The van der Waals surface area contributed by atoms with E-state index in [4.69, 9.17) is 9.47 Å². The zero-order valence-electron chi connectivity index (χ0n) is 15.6. The Kier molecular flexibility index (Phi) is 11.1. The average molecular weight is 489 g/mol. The van der Waals surface area contributed by atoms with Crippen molar-refractivity contribution in [2.75, 3.05) is 27.3 Å². The zero-order chi connectivity index (χ0) is 17.9. The number of hydrogen-bond donors (Lipinski definition) is 2. The minimum Gasteiger partial charge on any atom is -0.493 e. The molecule has 144 valence electrons. The highest BCUT2D eigenvalue weighted by Crippen LogP contribution is 2.28. The van der Waals surface area contributed by atoms with Crippen molar-refractivity contribution in [2.24, 2.45) is 4.99 Å². The maximum absolute atomic E-state index is 5.69. The van der Waals surface area contributed by atoms with Gasteiger partial charge in [0.2, 0.25) is 0 Å². The van der Waals surface area contributed by atoms with Crippen LogP contribution >= 0.6 is 35.3 Å². The highest BCUT2D eigenvalue weighted by molar-refractivity contribution is 14.0. The Bertz CT molecular complexity index is 663. The Labute approximate surface area is 177 Å². The molecule has 0 aliphatic carbocycles. The highest BCUT2D eigenvalue weighted by atomic mass is 127. The average Bonchev–Trinajstić information content (AvgIpc) is 3.16. The maximum Gasteiger partial charge on any atom is 0.191 e. The summed E-state index contributed by atoms with van der Waals surface area (Å²) >= 11 is 1.78. The van der Waals surface area contributed by atoms with Crippen LogP contribution in [0.15, 0.2) is 40.7 Å². The molecule has 1 aromatic heterocycles. The van der Waals surface area contributed by atoms with Crippen LogP contribution in [0.3, 0.4) is 0 Å². The van der Waals surface area contributed by atoms with Crippen molar-refractivity contribution in [3.8, 4) is 11.5 Å². The molecule has 5 nitrogen and oxygen atoms in total. The summed E-state index contributed by atoms with van der Waals surface area (Å²) in [7, 11) is 3.44. The van der Waals surface area contributed by atoms with Crippen LogP contribution in [0, 0.1) is 0 Å². The van der Waals surface area contributed by atoms with Gasteiger partial charge in [-0.3, -0.25) is 4.99 Å². The molecule has 0 unspecified atom stereocenters. The van der Waals surface area contributed by atoms with E-state index in [0.717, 1.165) is 42.4 Å². The first-order valence-electron chi connectivity index (χ1n) is 8.53. The number of hydrogen-bond acceptors (Lipinski definition) is 4. The summed E-state index contributed by atoms with van der Waals surface area (Å²) in [5.41, 5.74) is 1.11. The molecule has 0 fully saturated rings. The minimum atomic E-state index is 0. The molecular formula is C19H28IN3O2S. The summed E-state index contributed by atoms with van der Waals surface area (Å²) in [6.45, 7) is 4.30. The molecule has 7 heteroatoms. The maximum atomic E-state index is 5.69. The van der Waals surface area contributed by atoms with Crippen LogP contribution in [-0.2, 0) is 13.0 Å². The van der Waals surface area contributed by atoms with Gasteiger partial charge in [0.1, 0.15) is 0 Å². The third-order valence-electron chi connectivity index (χ3n) is 3.62.